The summed E-state index contributed by atoms with van der Waals surface area (Å²) in [6.07, 6.45) is 0. The normalized spacial score (nSPS) is 22.9. The summed E-state index contributed by atoms with van der Waals surface area (Å²) in [5, 5.41) is 23.0. The van der Waals surface area contributed by atoms with Crippen LogP contribution < -0.4 is 10.4 Å². The Kier molecular flexibility index (Phi) is 3.74. The molecule has 0 radical (unpaired) electrons. The molecule has 6 nitrogen and oxygen atoms in total. The van der Waals surface area contributed by atoms with E-state index >= 15 is 0 Å². The number of nitrogens with zero attached hydrogens (tertiary/aromatic N) is 1. The Morgan fingerprint density at radius 1 is 1.56 bits per heavy atom. The van der Waals surface area contributed by atoms with Crippen LogP contribution in [0.4, 0.5) is 5.69 Å². The van der Waals surface area contributed by atoms with Crippen molar-refractivity contribution >= 4 is 35.0 Å². The number of aliphatic carboxylic acids is 1. The lowest BCUT2D eigenvalue weighted by atomic mass is 10.2. The number of carboxylic acids is 1. The van der Waals surface area contributed by atoms with Crippen molar-refractivity contribution < 1.29 is 20.1 Å². The minimum Gasteiger partial charge on any atom is -0.544 e. The molecule has 0 unspecified atom stereocenters. The van der Waals surface area contributed by atoms with Gasteiger partial charge in [0.15, 0.2) is 5.37 Å². The molecule has 1 heterocycles. The second kappa shape index (κ2) is 5.13. The van der Waals surface area contributed by atoms with Gasteiger partial charge in [-0.05, 0) is 6.07 Å². The summed E-state index contributed by atoms with van der Waals surface area (Å²) < 4.78 is 0. The summed E-state index contributed by atoms with van der Waals surface area (Å²) in [7, 11) is 0. The van der Waals surface area contributed by atoms with Gasteiger partial charge in [0.1, 0.15) is 17.0 Å². The molecule has 0 aliphatic carbocycles. The fourth-order valence-corrected chi connectivity index (χ4v) is 3.22. The Bertz CT molecular complexity index is 511. The van der Waals surface area contributed by atoms with E-state index in [1.807, 2.05) is 0 Å². The molecule has 1 fully saturated rings. The van der Waals surface area contributed by atoms with Gasteiger partial charge in [0.2, 0.25) is 0 Å². The first-order valence-corrected chi connectivity index (χ1v) is 6.53. The van der Waals surface area contributed by atoms with Crippen LogP contribution in [0.2, 0.25) is 5.02 Å². The van der Waals surface area contributed by atoms with Gasteiger partial charge in [-0.3, -0.25) is 10.1 Å². The highest BCUT2D eigenvalue weighted by atomic mass is 35.5. The van der Waals surface area contributed by atoms with Crippen LogP contribution in [0, 0.1) is 10.1 Å². The van der Waals surface area contributed by atoms with Gasteiger partial charge in [0.05, 0.1) is 10.7 Å². The molecule has 2 N–H and O–H groups in total. The summed E-state index contributed by atoms with van der Waals surface area (Å²) in [5.41, 5.74) is 0.514. The molecular weight excluding hydrogens is 280 g/mol. The van der Waals surface area contributed by atoms with Crippen molar-refractivity contribution in [1.82, 2.24) is 0 Å². The van der Waals surface area contributed by atoms with Crippen LogP contribution >= 0.6 is 23.4 Å². The van der Waals surface area contributed by atoms with Crippen LogP contribution in [-0.2, 0) is 4.79 Å². The molecule has 2 rings (SSSR count). The highest BCUT2D eigenvalue weighted by Gasteiger charge is 2.32. The number of nitrogens with two attached hydrogens (primary N) is 1. The number of rotatable bonds is 3. The number of thioether (sulfide) groups is 1. The maximum Gasteiger partial charge on any atom is 0.288 e. The van der Waals surface area contributed by atoms with E-state index in [9.17, 15) is 20.0 Å². The van der Waals surface area contributed by atoms with E-state index < -0.39 is 16.9 Å². The molecule has 1 aliphatic heterocycles. The molecule has 0 bridgehead atoms. The molecule has 18 heavy (non-hydrogen) atoms. The second-order valence-electron chi connectivity index (χ2n) is 3.84. The lowest BCUT2D eigenvalue weighted by Gasteiger charge is -2.11. The number of quaternary nitrogens is 1. The van der Waals surface area contributed by atoms with Gasteiger partial charge < -0.3 is 15.2 Å². The van der Waals surface area contributed by atoms with Gasteiger partial charge in [0, 0.05) is 11.6 Å². The number of hydrogen-bond donors (Lipinski definition) is 1. The van der Waals surface area contributed by atoms with Gasteiger partial charge in [-0.15, -0.1) is 0 Å². The van der Waals surface area contributed by atoms with E-state index in [1.54, 1.807) is 11.4 Å². The number of carbonyl (C=O) groups excluding carboxylic acids is 1. The van der Waals surface area contributed by atoms with E-state index in [0.29, 0.717) is 11.3 Å². The standard InChI is InChI=1S/C10H9ClN2O4S/c11-6-2-1-5(3-8(6)13(16)17)9-12-7(4-18-9)10(14)15/h1-3,7,9,12H,4H2,(H,14,15)/t7-,9-/m0/s1. The van der Waals surface area contributed by atoms with Crippen molar-refractivity contribution in [2.24, 2.45) is 0 Å². The largest absolute Gasteiger partial charge is 0.544 e. The predicted molar refractivity (Wildman–Crippen MR) is 64.0 cm³/mol. The topological polar surface area (TPSA) is 99.9 Å². The van der Waals surface area contributed by atoms with E-state index in [0.717, 1.165) is 0 Å². The molecule has 1 aromatic rings. The number of nitro benzene ring substituents is 1. The lowest BCUT2D eigenvalue weighted by Crippen LogP contribution is -2.90. The Morgan fingerprint density at radius 2 is 2.28 bits per heavy atom. The zero-order valence-electron chi connectivity index (χ0n) is 9.04. The van der Waals surface area contributed by atoms with Crippen molar-refractivity contribution in [3.63, 3.8) is 0 Å². The molecule has 0 spiro atoms. The number of carbonyl (C=O) groups is 1. The maximum atomic E-state index is 10.8. The third kappa shape index (κ3) is 2.58. The summed E-state index contributed by atoms with van der Waals surface area (Å²) in [6, 6.07) is 3.89. The highest BCUT2D eigenvalue weighted by Crippen LogP contribution is 2.32. The van der Waals surface area contributed by atoms with Crippen LogP contribution in [0.25, 0.3) is 0 Å². The minimum atomic E-state index is -1.12. The number of benzene rings is 1. The smallest absolute Gasteiger partial charge is 0.288 e. The predicted octanol–water partition coefficient (Wildman–Crippen LogP) is -0.325. The monoisotopic (exact) mass is 288 g/mol. The second-order valence-corrected chi connectivity index (χ2v) is 5.42. The van der Waals surface area contributed by atoms with Crippen LogP contribution in [0.5, 0.6) is 0 Å². The van der Waals surface area contributed by atoms with Crippen LogP contribution in [0.3, 0.4) is 0 Å². The van der Waals surface area contributed by atoms with Gasteiger partial charge in [-0.2, -0.15) is 0 Å². The van der Waals surface area contributed by atoms with Gasteiger partial charge in [-0.1, -0.05) is 29.4 Å². The Hall–Kier alpha value is -1.31. The number of carboxylic acid groups (broad SMARTS) is 1. The molecule has 0 aromatic heterocycles. The van der Waals surface area contributed by atoms with Crippen molar-refractivity contribution in [1.29, 1.82) is 0 Å². The van der Waals surface area contributed by atoms with Crippen LogP contribution in [0.1, 0.15) is 10.9 Å². The lowest BCUT2D eigenvalue weighted by molar-refractivity contribution is -0.690. The first-order chi connectivity index (χ1) is 8.49. The van der Waals surface area contributed by atoms with Crippen LogP contribution in [-0.4, -0.2) is 22.7 Å². The first kappa shape index (κ1) is 13.1. The Balaban J connectivity index is 2.22. The van der Waals surface area contributed by atoms with Crippen molar-refractivity contribution in [2.45, 2.75) is 11.4 Å². The summed E-state index contributed by atoms with van der Waals surface area (Å²) >= 11 is 7.13. The SMILES string of the molecule is O=C([O-])[C@@H]1CS[C@@H](c2ccc(Cl)c([N+](=O)[O-])c2)[NH2+]1. The molecule has 0 saturated carbocycles. The molecule has 96 valence electrons. The van der Waals surface area contributed by atoms with Gasteiger partial charge in [0.25, 0.3) is 5.69 Å². The van der Waals surface area contributed by atoms with E-state index in [-0.39, 0.29) is 16.1 Å². The Morgan fingerprint density at radius 3 is 2.83 bits per heavy atom. The summed E-state index contributed by atoms with van der Waals surface area (Å²) in [5.74, 6) is -0.697. The van der Waals surface area contributed by atoms with Gasteiger partial charge in [-0.25, -0.2) is 0 Å². The third-order valence-electron chi connectivity index (χ3n) is 2.66. The van der Waals surface area contributed by atoms with E-state index in [4.69, 9.17) is 11.6 Å². The zero-order chi connectivity index (χ0) is 13.3. The minimum absolute atomic E-state index is 0.0724. The fourth-order valence-electron chi connectivity index (χ4n) is 1.73. The average molecular weight is 289 g/mol. The third-order valence-corrected chi connectivity index (χ3v) is 4.32. The quantitative estimate of drug-likeness (QED) is 0.607. The number of hydrogen-bond acceptors (Lipinski definition) is 5. The molecule has 0 amide bonds. The molecular formula is C10H9ClN2O4S. The highest BCUT2D eigenvalue weighted by molar-refractivity contribution is 7.99. The number of halogens is 1. The van der Waals surface area contributed by atoms with Crippen LogP contribution in [0.15, 0.2) is 18.2 Å². The first-order valence-electron chi connectivity index (χ1n) is 5.10. The average Bonchev–Trinajstić information content (AvgIpc) is 2.78. The van der Waals surface area contributed by atoms with Crippen molar-refractivity contribution in [3.05, 3.63) is 38.9 Å². The molecule has 8 heteroatoms. The molecule has 1 aromatic carbocycles. The summed E-state index contributed by atoms with van der Waals surface area (Å²) in [4.78, 5) is 20.9. The van der Waals surface area contributed by atoms with Crippen molar-refractivity contribution in [2.75, 3.05) is 5.75 Å². The fraction of sp³-hybridized carbons (Fsp3) is 0.300. The molecule has 1 saturated heterocycles. The van der Waals surface area contributed by atoms with E-state index in [1.165, 1.54) is 23.9 Å². The zero-order valence-corrected chi connectivity index (χ0v) is 10.6. The maximum absolute atomic E-state index is 10.8. The molecule has 2 atom stereocenters. The van der Waals surface area contributed by atoms with E-state index in [2.05, 4.69) is 0 Å². The van der Waals surface area contributed by atoms with Crippen molar-refractivity contribution in [3.8, 4) is 0 Å². The summed E-state index contributed by atoms with van der Waals surface area (Å²) in [6.45, 7) is 0. The van der Waals surface area contributed by atoms with Gasteiger partial charge >= 0.3 is 0 Å². The Labute approximate surface area is 111 Å². The molecule has 1 aliphatic rings. The number of nitro groups is 1.